The summed E-state index contributed by atoms with van der Waals surface area (Å²) in [5, 5.41) is 0. The van der Waals surface area contributed by atoms with Crippen LogP contribution in [0.4, 0.5) is 0 Å². The minimum absolute atomic E-state index is 0.0653. The van der Waals surface area contributed by atoms with Crippen molar-refractivity contribution in [1.82, 2.24) is 0 Å². The number of esters is 3. The molecule has 0 fully saturated rings. The maximum absolute atomic E-state index is 12.9. The lowest BCUT2D eigenvalue weighted by Crippen LogP contribution is -2.30. The van der Waals surface area contributed by atoms with Crippen LogP contribution < -0.4 is 0 Å². The van der Waals surface area contributed by atoms with E-state index in [-0.39, 0.29) is 31.1 Å². The Morgan fingerprint density at radius 2 is 0.418 bits per heavy atom. The molecule has 0 saturated heterocycles. The van der Waals surface area contributed by atoms with Crippen LogP contribution in [0.25, 0.3) is 0 Å². The summed E-state index contributed by atoms with van der Waals surface area (Å²) in [6.45, 7) is 6.67. The number of carbonyl (C=O) groups excluding carboxylic acids is 3. The fourth-order valence-electron chi connectivity index (χ4n) is 11.0. The molecule has 0 aromatic carbocycles. The van der Waals surface area contributed by atoms with Crippen molar-refractivity contribution in [2.75, 3.05) is 13.2 Å². The van der Waals surface area contributed by atoms with E-state index in [9.17, 15) is 14.4 Å². The Balaban J connectivity index is 4.01. The quantitative estimate of drug-likeness (QED) is 0.0261. The standard InChI is InChI=1S/C73H138O6/c1-4-7-10-13-16-18-20-22-24-26-28-30-32-34-36-38-40-42-44-46-48-50-52-54-57-60-63-66-72(75)78-69-70(68-77-71(74)65-62-59-56-15-12-9-6-3)79-73(76)67-64-61-58-55-53-51-49-47-45-43-41-39-37-35-33-31-29-27-25-23-21-19-17-14-11-8-5-2/h26-29,70H,4-25,30-69H2,1-3H3/b28-26-,29-27-. The van der Waals surface area contributed by atoms with Crippen LogP contribution in [0, 0.1) is 0 Å². The summed E-state index contributed by atoms with van der Waals surface area (Å²) in [4.78, 5) is 38.2. The van der Waals surface area contributed by atoms with Crippen LogP contribution in [0.1, 0.15) is 406 Å². The Hall–Kier alpha value is -2.11. The molecule has 0 aliphatic carbocycles. The highest BCUT2D eigenvalue weighted by molar-refractivity contribution is 5.71. The van der Waals surface area contributed by atoms with Crippen molar-refractivity contribution >= 4 is 17.9 Å². The van der Waals surface area contributed by atoms with Crippen molar-refractivity contribution in [2.45, 2.75) is 412 Å². The second kappa shape index (κ2) is 68.4. The zero-order chi connectivity index (χ0) is 57.1. The van der Waals surface area contributed by atoms with E-state index in [1.165, 1.54) is 308 Å². The van der Waals surface area contributed by atoms with Crippen LogP contribution >= 0.6 is 0 Å². The molecule has 1 unspecified atom stereocenters. The molecule has 0 aromatic rings. The van der Waals surface area contributed by atoms with Gasteiger partial charge in [-0.15, -0.1) is 0 Å². The molecule has 0 amide bonds. The van der Waals surface area contributed by atoms with Gasteiger partial charge in [0.2, 0.25) is 0 Å². The van der Waals surface area contributed by atoms with Crippen molar-refractivity contribution < 1.29 is 28.6 Å². The molecule has 6 heteroatoms. The van der Waals surface area contributed by atoms with E-state index >= 15 is 0 Å². The maximum atomic E-state index is 12.9. The summed E-state index contributed by atoms with van der Waals surface area (Å²) in [6, 6.07) is 0. The molecule has 0 aromatic heterocycles. The third-order valence-corrected chi connectivity index (χ3v) is 16.4. The van der Waals surface area contributed by atoms with E-state index in [0.717, 1.165) is 57.8 Å². The molecule has 0 heterocycles. The average molecular weight is 1110 g/mol. The fourth-order valence-corrected chi connectivity index (χ4v) is 11.0. The Morgan fingerprint density at radius 3 is 0.633 bits per heavy atom. The van der Waals surface area contributed by atoms with E-state index in [0.29, 0.717) is 19.3 Å². The van der Waals surface area contributed by atoms with Crippen LogP contribution in [-0.2, 0) is 28.6 Å². The summed E-state index contributed by atoms with van der Waals surface area (Å²) in [6.07, 6.45) is 83.9. The Labute approximate surface area is 493 Å². The van der Waals surface area contributed by atoms with Gasteiger partial charge in [-0.1, -0.05) is 340 Å². The molecule has 79 heavy (non-hydrogen) atoms. The maximum Gasteiger partial charge on any atom is 0.306 e. The van der Waals surface area contributed by atoms with Crippen molar-refractivity contribution in [3.05, 3.63) is 24.3 Å². The second-order valence-electron chi connectivity index (χ2n) is 24.5. The lowest BCUT2D eigenvalue weighted by molar-refractivity contribution is -0.167. The highest BCUT2D eigenvalue weighted by Crippen LogP contribution is 2.19. The number of hydrogen-bond donors (Lipinski definition) is 0. The average Bonchev–Trinajstić information content (AvgIpc) is 3.45. The monoisotopic (exact) mass is 1110 g/mol. The van der Waals surface area contributed by atoms with Crippen LogP contribution in [0.5, 0.6) is 0 Å². The van der Waals surface area contributed by atoms with Gasteiger partial charge in [-0.05, 0) is 70.6 Å². The van der Waals surface area contributed by atoms with Gasteiger partial charge >= 0.3 is 17.9 Å². The lowest BCUT2D eigenvalue weighted by atomic mass is 10.0. The topological polar surface area (TPSA) is 78.9 Å². The van der Waals surface area contributed by atoms with Gasteiger partial charge in [-0.25, -0.2) is 0 Å². The number of unbranched alkanes of at least 4 members (excludes halogenated alkanes) is 52. The third-order valence-electron chi connectivity index (χ3n) is 16.4. The number of hydrogen-bond acceptors (Lipinski definition) is 6. The second-order valence-corrected chi connectivity index (χ2v) is 24.5. The Morgan fingerprint density at radius 1 is 0.241 bits per heavy atom. The summed E-state index contributed by atoms with van der Waals surface area (Å²) < 4.78 is 16.9. The predicted molar refractivity (Wildman–Crippen MR) is 344 cm³/mol. The van der Waals surface area contributed by atoms with Crippen LogP contribution in [0.2, 0.25) is 0 Å². The van der Waals surface area contributed by atoms with E-state index in [2.05, 4.69) is 45.1 Å². The predicted octanol–water partition coefficient (Wildman–Crippen LogP) is 24.6. The normalized spacial score (nSPS) is 12.1. The minimum atomic E-state index is -0.766. The highest BCUT2D eigenvalue weighted by Gasteiger charge is 2.19. The van der Waals surface area contributed by atoms with Crippen molar-refractivity contribution in [2.24, 2.45) is 0 Å². The van der Waals surface area contributed by atoms with E-state index in [1.807, 2.05) is 0 Å². The molecular formula is C73H138O6. The molecule has 0 spiro atoms. The molecule has 0 aliphatic rings. The first-order valence-electron chi connectivity index (χ1n) is 35.8. The van der Waals surface area contributed by atoms with Gasteiger partial charge < -0.3 is 14.2 Å². The smallest absolute Gasteiger partial charge is 0.306 e. The summed E-state index contributed by atoms with van der Waals surface area (Å²) >= 11 is 0. The molecule has 6 nitrogen and oxygen atoms in total. The minimum Gasteiger partial charge on any atom is -0.462 e. The lowest BCUT2D eigenvalue weighted by Gasteiger charge is -2.18. The van der Waals surface area contributed by atoms with Gasteiger partial charge in [0.15, 0.2) is 6.10 Å². The highest BCUT2D eigenvalue weighted by atomic mass is 16.6. The number of allylic oxidation sites excluding steroid dienone is 4. The zero-order valence-electron chi connectivity index (χ0n) is 53.7. The van der Waals surface area contributed by atoms with E-state index < -0.39 is 6.10 Å². The van der Waals surface area contributed by atoms with Gasteiger partial charge in [0.05, 0.1) is 0 Å². The van der Waals surface area contributed by atoms with Crippen LogP contribution in [-0.4, -0.2) is 37.2 Å². The molecule has 1 atom stereocenters. The summed E-state index contributed by atoms with van der Waals surface area (Å²) in [5.74, 6) is -0.843. The van der Waals surface area contributed by atoms with Gasteiger partial charge in [0.1, 0.15) is 13.2 Å². The first-order valence-corrected chi connectivity index (χ1v) is 35.8. The molecule has 0 rings (SSSR count). The van der Waals surface area contributed by atoms with Crippen LogP contribution in [0.15, 0.2) is 24.3 Å². The number of ether oxygens (including phenoxy) is 3. The SMILES string of the molecule is CCCCCCCCCC/C=C\CCCCCCCCCCCCCCCCCC(=O)OCC(COC(=O)CCCCCCCCC)OC(=O)CCCCCCCCCCCCCCCCC/C=C\CCCCCCCCCC. The number of rotatable bonds is 67. The fraction of sp³-hybridized carbons (Fsp3) is 0.904. The largest absolute Gasteiger partial charge is 0.462 e. The first kappa shape index (κ1) is 76.9. The van der Waals surface area contributed by atoms with Crippen LogP contribution in [0.3, 0.4) is 0 Å². The first-order chi connectivity index (χ1) is 39.0. The molecule has 0 bridgehead atoms. The van der Waals surface area contributed by atoms with E-state index in [4.69, 9.17) is 14.2 Å². The number of carbonyl (C=O) groups is 3. The molecule has 0 saturated carbocycles. The van der Waals surface area contributed by atoms with Gasteiger partial charge in [-0.3, -0.25) is 14.4 Å². The Kier molecular flexibility index (Phi) is 66.6. The van der Waals surface area contributed by atoms with E-state index in [1.54, 1.807) is 0 Å². The van der Waals surface area contributed by atoms with Gasteiger partial charge in [-0.2, -0.15) is 0 Å². The molecule has 0 N–H and O–H groups in total. The molecule has 0 aliphatic heterocycles. The summed E-state index contributed by atoms with van der Waals surface area (Å²) in [7, 11) is 0. The molecular weight excluding hydrogens is 973 g/mol. The molecule has 0 radical (unpaired) electrons. The van der Waals surface area contributed by atoms with Gasteiger partial charge in [0, 0.05) is 19.3 Å². The Bertz CT molecular complexity index is 1270. The summed E-state index contributed by atoms with van der Waals surface area (Å²) in [5.41, 5.74) is 0. The zero-order valence-corrected chi connectivity index (χ0v) is 53.7. The molecule has 466 valence electrons. The third kappa shape index (κ3) is 66.6. The van der Waals surface area contributed by atoms with Crippen molar-refractivity contribution in [3.63, 3.8) is 0 Å². The van der Waals surface area contributed by atoms with Gasteiger partial charge in [0.25, 0.3) is 0 Å². The van der Waals surface area contributed by atoms with Crippen molar-refractivity contribution in [3.8, 4) is 0 Å². The van der Waals surface area contributed by atoms with Crippen molar-refractivity contribution in [1.29, 1.82) is 0 Å².